The fraction of sp³-hybridized carbons (Fsp3) is 0.250. The number of anilines is 1. The first-order valence-electron chi connectivity index (χ1n) is 3.41. The van der Waals surface area contributed by atoms with E-state index in [-0.39, 0.29) is 0 Å². The topological polar surface area (TPSA) is 26.1 Å². The molecular formula is C8H11N2. The summed E-state index contributed by atoms with van der Waals surface area (Å²) in [4.78, 5) is 0. The molecule has 0 amide bonds. The van der Waals surface area contributed by atoms with Crippen molar-refractivity contribution in [1.82, 2.24) is 5.43 Å². The number of nitrogens with one attached hydrogen (secondary N) is 1. The van der Waals surface area contributed by atoms with Crippen molar-refractivity contribution >= 4 is 5.69 Å². The Kier molecular flexibility index (Phi) is 2.77. The maximum absolute atomic E-state index is 3.99. The summed E-state index contributed by atoms with van der Waals surface area (Å²) in [6.07, 6.45) is 0. The Morgan fingerprint density at radius 3 is 2.60 bits per heavy atom. The van der Waals surface area contributed by atoms with E-state index in [9.17, 15) is 0 Å². The molecule has 0 atom stereocenters. The maximum Gasteiger partial charge on any atom is 0.0504 e. The first-order valence-corrected chi connectivity index (χ1v) is 3.41. The van der Waals surface area contributed by atoms with Crippen LogP contribution in [0.3, 0.4) is 0 Å². The summed E-state index contributed by atoms with van der Waals surface area (Å²) in [7, 11) is 0. The molecule has 10 heavy (non-hydrogen) atoms. The first-order chi connectivity index (χ1) is 4.93. The Hall–Kier alpha value is -1.02. The Bertz CT molecular complexity index is 172. The van der Waals surface area contributed by atoms with E-state index in [1.165, 1.54) is 0 Å². The molecule has 0 aliphatic rings. The molecule has 0 saturated heterocycles. The summed E-state index contributed by atoms with van der Waals surface area (Å²) in [6.45, 7) is 2.80. The molecule has 1 aromatic carbocycles. The number of benzene rings is 1. The van der Waals surface area contributed by atoms with Gasteiger partial charge in [-0.05, 0) is 19.1 Å². The maximum atomic E-state index is 3.99. The minimum Gasteiger partial charge on any atom is -0.304 e. The van der Waals surface area contributed by atoms with Crippen LogP contribution in [-0.4, -0.2) is 6.54 Å². The highest BCUT2D eigenvalue weighted by Crippen LogP contribution is 2.02. The lowest BCUT2D eigenvalue weighted by molar-refractivity contribution is 0.826. The minimum absolute atomic E-state index is 0.800. The molecule has 53 valence electrons. The van der Waals surface area contributed by atoms with Crippen molar-refractivity contribution in [2.45, 2.75) is 6.92 Å². The van der Waals surface area contributed by atoms with Gasteiger partial charge in [-0.15, -0.1) is 5.43 Å². The molecule has 0 aliphatic carbocycles. The summed E-state index contributed by atoms with van der Waals surface area (Å²) < 4.78 is 0. The van der Waals surface area contributed by atoms with E-state index in [0.29, 0.717) is 0 Å². The summed E-state index contributed by atoms with van der Waals surface area (Å²) in [5.74, 6) is 0. The van der Waals surface area contributed by atoms with E-state index < -0.39 is 0 Å². The van der Waals surface area contributed by atoms with E-state index in [0.717, 1.165) is 12.2 Å². The summed E-state index contributed by atoms with van der Waals surface area (Å²) >= 11 is 0. The molecule has 2 heteroatoms. The monoisotopic (exact) mass is 135 g/mol. The second-order valence-electron chi connectivity index (χ2n) is 1.95. The van der Waals surface area contributed by atoms with Gasteiger partial charge in [0.25, 0.3) is 0 Å². The smallest absolute Gasteiger partial charge is 0.0504 e. The fourth-order valence-corrected chi connectivity index (χ4v) is 0.683. The largest absolute Gasteiger partial charge is 0.304 e. The van der Waals surface area contributed by atoms with E-state index in [2.05, 4.69) is 10.9 Å². The molecule has 0 bridgehead atoms. The van der Waals surface area contributed by atoms with Crippen molar-refractivity contribution in [3.05, 3.63) is 30.3 Å². The first kappa shape index (κ1) is 7.09. The average molecular weight is 135 g/mol. The quantitative estimate of drug-likeness (QED) is 0.626. The van der Waals surface area contributed by atoms with Gasteiger partial charge in [-0.3, -0.25) is 0 Å². The summed E-state index contributed by atoms with van der Waals surface area (Å²) in [5, 5.41) is 0. The van der Waals surface area contributed by atoms with Crippen LogP contribution in [0.5, 0.6) is 0 Å². The van der Waals surface area contributed by atoms with Gasteiger partial charge in [0.05, 0.1) is 5.69 Å². The minimum atomic E-state index is 0.800. The van der Waals surface area contributed by atoms with Crippen molar-refractivity contribution < 1.29 is 0 Å². The molecule has 0 aromatic heterocycles. The molecule has 0 heterocycles. The van der Waals surface area contributed by atoms with Gasteiger partial charge in [-0.25, -0.2) is 0 Å². The normalized spacial score (nSPS) is 9.30. The van der Waals surface area contributed by atoms with Crippen LogP contribution in [-0.2, 0) is 0 Å². The third-order valence-electron chi connectivity index (χ3n) is 1.14. The van der Waals surface area contributed by atoms with E-state index >= 15 is 0 Å². The van der Waals surface area contributed by atoms with Crippen LogP contribution in [0.1, 0.15) is 6.92 Å². The number of hydrogen-bond acceptors (Lipinski definition) is 1. The van der Waals surface area contributed by atoms with Gasteiger partial charge in [0.2, 0.25) is 0 Å². The van der Waals surface area contributed by atoms with Crippen LogP contribution in [0, 0.1) is 0 Å². The van der Waals surface area contributed by atoms with Crippen LogP contribution < -0.4 is 10.9 Å². The highest BCUT2D eigenvalue weighted by molar-refractivity contribution is 5.40. The molecule has 2 nitrogen and oxygen atoms in total. The van der Waals surface area contributed by atoms with Crippen molar-refractivity contribution in [3.63, 3.8) is 0 Å². The van der Waals surface area contributed by atoms with E-state index in [1.54, 1.807) is 0 Å². The van der Waals surface area contributed by atoms with Gasteiger partial charge in [0.1, 0.15) is 0 Å². The lowest BCUT2D eigenvalue weighted by atomic mass is 10.3. The zero-order chi connectivity index (χ0) is 7.23. The average Bonchev–Trinajstić information content (AvgIpc) is 2.03. The van der Waals surface area contributed by atoms with Gasteiger partial charge in [-0.2, -0.15) is 0 Å². The molecule has 1 N–H and O–H groups in total. The van der Waals surface area contributed by atoms with Crippen molar-refractivity contribution in [1.29, 1.82) is 0 Å². The number of nitrogens with zero attached hydrogens (tertiary/aromatic N) is 1. The van der Waals surface area contributed by atoms with E-state index in [1.807, 2.05) is 37.3 Å². The van der Waals surface area contributed by atoms with Gasteiger partial charge < -0.3 is 5.43 Å². The van der Waals surface area contributed by atoms with E-state index in [4.69, 9.17) is 0 Å². The number of hydrogen-bond donors (Lipinski definition) is 1. The van der Waals surface area contributed by atoms with Gasteiger partial charge in [0.15, 0.2) is 0 Å². The molecule has 1 aromatic rings. The van der Waals surface area contributed by atoms with Crippen LogP contribution in [0.15, 0.2) is 30.3 Å². The molecular weight excluding hydrogens is 124 g/mol. The Morgan fingerprint density at radius 1 is 1.30 bits per heavy atom. The van der Waals surface area contributed by atoms with Crippen molar-refractivity contribution in [2.24, 2.45) is 0 Å². The van der Waals surface area contributed by atoms with Gasteiger partial charge in [0, 0.05) is 6.54 Å². The second kappa shape index (κ2) is 3.90. The van der Waals surface area contributed by atoms with Crippen LogP contribution in [0.25, 0.3) is 0 Å². The molecule has 0 unspecified atom stereocenters. The number of rotatable bonds is 3. The zero-order valence-electron chi connectivity index (χ0n) is 6.04. The predicted octanol–water partition coefficient (Wildman–Crippen LogP) is 1.64. The van der Waals surface area contributed by atoms with Gasteiger partial charge >= 0.3 is 0 Å². The molecule has 1 rings (SSSR count). The van der Waals surface area contributed by atoms with Crippen LogP contribution in [0.4, 0.5) is 5.69 Å². The highest BCUT2D eigenvalue weighted by atomic mass is 15.3. The third-order valence-corrected chi connectivity index (χ3v) is 1.14. The second-order valence-corrected chi connectivity index (χ2v) is 1.95. The molecule has 1 radical (unpaired) electrons. The number of para-hydroxylation sites is 1. The Morgan fingerprint density at radius 2 is 2.00 bits per heavy atom. The standard InChI is InChI=1S/C8H11N2/c1-2-9-10-8-6-4-3-5-7-8/h3-7,10H,2H2,1H3. The molecule has 0 spiro atoms. The summed E-state index contributed by atoms with van der Waals surface area (Å²) in [6, 6.07) is 9.91. The van der Waals surface area contributed by atoms with Crippen molar-refractivity contribution in [3.8, 4) is 0 Å². The molecule has 0 aliphatic heterocycles. The van der Waals surface area contributed by atoms with Crippen molar-refractivity contribution in [2.75, 3.05) is 12.0 Å². The van der Waals surface area contributed by atoms with Crippen LogP contribution in [0.2, 0.25) is 0 Å². The lowest BCUT2D eigenvalue weighted by Gasteiger charge is -2.01. The fourth-order valence-electron chi connectivity index (χ4n) is 0.683. The third kappa shape index (κ3) is 2.07. The molecule has 0 fully saturated rings. The SMILES string of the molecule is CC[N]Nc1ccccc1. The predicted molar refractivity (Wildman–Crippen MR) is 42.7 cm³/mol. The highest BCUT2D eigenvalue weighted by Gasteiger charge is 1.84. The summed E-state index contributed by atoms with van der Waals surface area (Å²) in [5.41, 5.74) is 7.96. The molecule has 0 saturated carbocycles. The Labute approximate surface area is 61.2 Å². The van der Waals surface area contributed by atoms with Crippen LogP contribution >= 0.6 is 0 Å². The van der Waals surface area contributed by atoms with Gasteiger partial charge in [-0.1, -0.05) is 18.2 Å². The zero-order valence-corrected chi connectivity index (χ0v) is 6.04. The Balaban J connectivity index is 2.43. The lowest BCUT2D eigenvalue weighted by Crippen LogP contribution is -2.11.